The maximum Gasteiger partial charge on any atom is 0.573 e. The summed E-state index contributed by atoms with van der Waals surface area (Å²) in [5, 5.41) is 13.0. The second kappa shape index (κ2) is 8.33. The maximum atomic E-state index is 14.9. The number of aromatic nitrogens is 2. The number of imidazole rings is 1. The van der Waals surface area contributed by atoms with Gasteiger partial charge in [0.25, 0.3) is 0 Å². The number of fused-ring (bicyclic) bond motifs is 1. The molecule has 0 aliphatic carbocycles. The summed E-state index contributed by atoms with van der Waals surface area (Å²) in [5.74, 6) is -1.51. The van der Waals surface area contributed by atoms with Crippen LogP contribution in [0.15, 0.2) is 36.4 Å². The van der Waals surface area contributed by atoms with Crippen LogP contribution in [0.1, 0.15) is 46.6 Å². The minimum Gasteiger partial charge on any atom is -0.406 e. The number of rotatable bonds is 5. The molecule has 0 unspecified atom stereocenters. The lowest BCUT2D eigenvalue weighted by atomic mass is 9.92. The Morgan fingerprint density at radius 2 is 1.70 bits per heavy atom. The Labute approximate surface area is 188 Å². The zero-order valence-electron chi connectivity index (χ0n) is 18.8. The monoisotopic (exact) mass is 467 g/mol. The summed E-state index contributed by atoms with van der Waals surface area (Å²) < 4.78 is 57.8. The van der Waals surface area contributed by atoms with Crippen LogP contribution in [0.3, 0.4) is 0 Å². The summed E-state index contributed by atoms with van der Waals surface area (Å²) in [5.41, 5.74) is -0.961. The van der Waals surface area contributed by atoms with Gasteiger partial charge in [-0.1, -0.05) is 20.8 Å². The highest BCUT2D eigenvalue weighted by molar-refractivity contribution is 5.93. The van der Waals surface area contributed by atoms with Crippen LogP contribution in [-0.2, 0) is 10.4 Å². The van der Waals surface area contributed by atoms with E-state index in [9.17, 15) is 27.5 Å². The van der Waals surface area contributed by atoms with E-state index < -0.39 is 23.5 Å². The van der Waals surface area contributed by atoms with Crippen LogP contribution in [0.5, 0.6) is 5.75 Å². The number of amides is 1. The lowest BCUT2D eigenvalue weighted by Gasteiger charge is -2.19. The van der Waals surface area contributed by atoms with Crippen molar-refractivity contribution in [2.24, 2.45) is 5.41 Å². The van der Waals surface area contributed by atoms with E-state index in [1.807, 2.05) is 20.8 Å². The van der Waals surface area contributed by atoms with E-state index in [0.717, 1.165) is 18.2 Å². The van der Waals surface area contributed by atoms with Crippen molar-refractivity contribution < 1.29 is 32.2 Å². The molecule has 10 heteroatoms. The van der Waals surface area contributed by atoms with Crippen LogP contribution in [0.2, 0.25) is 0 Å². The third-order valence-corrected chi connectivity index (χ3v) is 4.69. The zero-order valence-corrected chi connectivity index (χ0v) is 18.8. The van der Waals surface area contributed by atoms with Crippen molar-refractivity contribution in [3.8, 4) is 11.4 Å². The van der Waals surface area contributed by atoms with Gasteiger partial charge in [0.05, 0.1) is 11.1 Å². The maximum absolute atomic E-state index is 14.9. The minimum atomic E-state index is -4.85. The topological polar surface area (TPSA) is 76.4 Å². The zero-order chi connectivity index (χ0) is 24.8. The van der Waals surface area contributed by atoms with Crippen molar-refractivity contribution in [2.45, 2.75) is 53.0 Å². The molecule has 0 aliphatic rings. The molecule has 0 fully saturated rings. The van der Waals surface area contributed by atoms with Gasteiger partial charge in [-0.15, -0.1) is 13.2 Å². The summed E-state index contributed by atoms with van der Waals surface area (Å²) in [4.78, 5) is 16.8. The third-order valence-electron chi connectivity index (χ3n) is 4.69. The first-order valence-electron chi connectivity index (χ1n) is 10.1. The smallest absolute Gasteiger partial charge is 0.406 e. The number of anilines is 1. The second-order valence-corrected chi connectivity index (χ2v) is 9.48. The lowest BCUT2D eigenvalue weighted by molar-refractivity contribution is -0.274. The van der Waals surface area contributed by atoms with Gasteiger partial charge in [0.15, 0.2) is 5.82 Å². The van der Waals surface area contributed by atoms with Crippen molar-refractivity contribution in [2.75, 3.05) is 5.32 Å². The third kappa shape index (κ3) is 6.01. The molecule has 0 saturated heterocycles. The van der Waals surface area contributed by atoms with Crippen molar-refractivity contribution in [1.29, 1.82) is 0 Å². The molecule has 3 aromatic rings. The molecule has 0 bridgehead atoms. The van der Waals surface area contributed by atoms with Crippen molar-refractivity contribution in [3.63, 3.8) is 0 Å². The van der Waals surface area contributed by atoms with E-state index in [2.05, 4.69) is 15.0 Å². The number of nitrogens with one attached hydrogen (secondary N) is 1. The number of carbonyl (C=O) groups is 1. The molecule has 1 amide bonds. The highest BCUT2D eigenvalue weighted by Crippen LogP contribution is 2.33. The molecule has 0 atom stereocenters. The van der Waals surface area contributed by atoms with Crippen LogP contribution in [0.25, 0.3) is 16.7 Å². The number of carbonyl (C=O) groups excluding carboxylic acids is 1. The fourth-order valence-corrected chi connectivity index (χ4v) is 3.28. The van der Waals surface area contributed by atoms with Crippen LogP contribution in [-0.4, -0.2) is 26.9 Å². The average molecular weight is 467 g/mol. The molecule has 1 aromatic heterocycles. The largest absolute Gasteiger partial charge is 0.573 e. The Balaban J connectivity index is 2.16. The molecule has 0 aliphatic heterocycles. The molecule has 0 radical (unpaired) electrons. The van der Waals surface area contributed by atoms with Gasteiger partial charge in [0, 0.05) is 12.1 Å². The first kappa shape index (κ1) is 24.5. The van der Waals surface area contributed by atoms with E-state index in [1.165, 1.54) is 36.6 Å². The highest BCUT2D eigenvalue weighted by Gasteiger charge is 2.31. The van der Waals surface area contributed by atoms with E-state index in [1.54, 1.807) is 0 Å². The minimum absolute atomic E-state index is 0.00413. The number of alkyl halides is 3. The van der Waals surface area contributed by atoms with Crippen molar-refractivity contribution in [1.82, 2.24) is 9.55 Å². The SMILES string of the molecule is CC(C)(C)CC(=O)Nc1nc2c(F)cc(C(C)(C)O)cc2n1-c1ccc(OC(F)(F)F)cc1. The first-order valence-corrected chi connectivity index (χ1v) is 10.1. The summed E-state index contributed by atoms with van der Waals surface area (Å²) >= 11 is 0. The highest BCUT2D eigenvalue weighted by atomic mass is 19.4. The number of halogens is 4. The van der Waals surface area contributed by atoms with Gasteiger partial charge >= 0.3 is 6.36 Å². The molecule has 2 N–H and O–H groups in total. The molecule has 33 heavy (non-hydrogen) atoms. The number of hydrogen-bond acceptors (Lipinski definition) is 4. The van der Waals surface area contributed by atoms with Crippen LogP contribution in [0, 0.1) is 11.2 Å². The number of benzene rings is 2. The second-order valence-electron chi connectivity index (χ2n) is 9.48. The normalized spacial score (nSPS) is 12.8. The van der Waals surface area contributed by atoms with E-state index in [0.29, 0.717) is 5.69 Å². The fraction of sp³-hybridized carbons (Fsp3) is 0.391. The predicted molar refractivity (Wildman–Crippen MR) is 116 cm³/mol. The molecule has 6 nitrogen and oxygen atoms in total. The Morgan fingerprint density at radius 3 is 2.21 bits per heavy atom. The van der Waals surface area contributed by atoms with E-state index in [-0.39, 0.29) is 40.3 Å². The van der Waals surface area contributed by atoms with Crippen LogP contribution >= 0.6 is 0 Å². The van der Waals surface area contributed by atoms with Gasteiger partial charge in [-0.05, 0) is 61.2 Å². The quantitative estimate of drug-likeness (QED) is 0.475. The molecular formula is C23H25F4N3O3. The standard InChI is InChI=1S/C23H25F4N3O3/c1-21(2,3)12-18(31)28-20-29-19-16(24)10-13(22(4,5)32)11-17(19)30(20)14-6-8-15(9-7-14)33-23(25,26)27/h6-11,32H,12H2,1-5H3,(H,28,29,31). The van der Waals surface area contributed by atoms with Gasteiger partial charge in [-0.2, -0.15) is 0 Å². The van der Waals surface area contributed by atoms with Gasteiger partial charge < -0.3 is 9.84 Å². The Bertz CT molecular complexity index is 1170. The average Bonchev–Trinajstić information content (AvgIpc) is 2.97. The Kier molecular flexibility index (Phi) is 6.18. The molecule has 0 saturated carbocycles. The number of aliphatic hydroxyl groups is 1. The number of nitrogens with zero attached hydrogens (tertiary/aromatic N) is 2. The van der Waals surface area contributed by atoms with Crippen LogP contribution < -0.4 is 10.1 Å². The molecule has 3 rings (SSSR count). The first-order chi connectivity index (χ1) is 15.0. The van der Waals surface area contributed by atoms with Crippen LogP contribution in [0.4, 0.5) is 23.5 Å². The fourth-order valence-electron chi connectivity index (χ4n) is 3.28. The Hall–Kier alpha value is -3.14. The van der Waals surface area contributed by atoms with Crippen molar-refractivity contribution in [3.05, 3.63) is 47.8 Å². The molecular weight excluding hydrogens is 442 g/mol. The summed E-state index contributed by atoms with van der Waals surface area (Å²) in [6, 6.07) is 7.54. The van der Waals surface area contributed by atoms with Gasteiger partial charge in [0.2, 0.25) is 11.9 Å². The number of ether oxygens (including phenoxy) is 1. The summed E-state index contributed by atoms with van der Waals surface area (Å²) in [6.45, 7) is 8.62. The summed E-state index contributed by atoms with van der Waals surface area (Å²) in [7, 11) is 0. The van der Waals surface area contributed by atoms with Gasteiger partial charge in [0.1, 0.15) is 11.3 Å². The molecule has 1 heterocycles. The van der Waals surface area contributed by atoms with Gasteiger partial charge in [-0.25, -0.2) is 9.37 Å². The van der Waals surface area contributed by atoms with E-state index in [4.69, 9.17) is 0 Å². The van der Waals surface area contributed by atoms with Gasteiger partial charge in [-0.3, -0.25) is 14.7 Å². The van der Waals surface area contributed by atoms with Crippen molar-refractivity contribution >= 4 is 22.9 Å². The van der Waals surface area contributed by atoms with E-state index >= 15 is 0 Å². The molecule has 178 valence electrons. The number of hydrogen-bond donors (Lipinski definition) is 2. The summed E-state index contributed by atoms with van der Waals surface area (Å²) in [6.07, 6.45) is -4.69. The predicted octanol–water partition coefficient (Wildman–Crippen LogP) is 5.67. The Morgan fingerprint density at radius 1 is 1.09 bits per heavy atom. The molecule has 2 aromatic carbocycles. The lowest BCUT2D eigenvalue weighted by Crippen LogP contribution is -2.21. The molecule has 0 spiro atoms.